The van der Waals surface area contributed by atoms with E-state index in [0.29, 0.717) is 18.1 Å². The number of nitrogens with zero attached hydrogens (tertiary/aromatic N) is 3. The molecule has 0 saturated heterocycles. The topological polar surface area (TPSA) is 82.2 Å². The van der Waals surface area contributed by atoms with Crippen molar-refractivity contribution in [1.82, 2.24) is 20.1 Å². The summed E-state index contributed by atoms with van der Waals surface area (Å²) in [6.45, 7) is 2.55. The molecule has 8 heteroatoms. The van der Waals surface area contributed by atoms with Crippen LogP contribution in [-0.2, 0) is 17.8 Å². The molecule has 1 amide bonds. The van der Waals surface area contributed by atoms with E-state index in [2.05, 4.69) is 15.4 Å². The molecule has 0 saturated carbocycles. The summed E-state index contributed by atoms with van der Waals surface area (Å²) in [6, 6.07) is 11.5. The largest absolute Gasteiger partial charge is 0.496 e. The molecule has 0 spiro atoms. The number of amides is 1. The molecule has 1 N–H and O–H groups in total. The van der Waals surface area contributed by atoms with Gasteiger partial charge in [0.25, 0.3) is 0 Å². The van der Waals surface area contributed by atoms with Gasteiger partial charge in [0.1, 0.15) is 12.0 Å². The van der Waals surface area contributed by atoms with Gasteiger partial charge in [0, 0.05) is 18.0 Å². The summed E-state index contributed by atoms with van der Waals surface area (Å²) in [5, 5.41) is 9.25. The first-order valence-corrected chi connectivity index (χ1v) is 10.4. The summed E-state index contributed by atoms with van der Waals surface area (Å²) in [4.78, 5) is 17.9. The van der Waals surface area contributed by atoms with Crippen molar-refractivity contribution in [2.75, 3.05) is 7.11 Å². The van der Waals surface area contributed by atoms with Crippen molar-refractivity contribution in [2.24, 2.45) is 0 Å². The Hall–Kier alpha value is -3.39. The van der Waals surface area contributed by atoms with Crippen LogP contribution >= 0.6 is 11.3 Å². The molecule has 3 heterocycles. The van der Waals surface area contributed by atoms with Gasteiger partial charge in [-0.3, -0.25) is 9.48 Å². The van der Waals surface area contributed by atoms with Crippen molar-refractivity contribution in [3.8, 4) is 16.5 Å². The van der Waals surface area contributed by atoms with E-state index in [9.17, 15) is 4.79 Å². The Labute approximate surface area is 178 Å². The van der Waals surface area contributed by atoms with Crippen molar-refractivity contribution in [1.29, 1.82) is 0 Å². The van der Waals surface area contributed by atoms with Crippen LogP contribution in [0.2, 0.25) is 0 Å². The average Bonchev–Trinajstić information content (AvgIpc) is 3.50. The third-order valence-electron chi connectivity index (χ3n) is 4.70. The highest BCUT2D eigenvalue weighted by atomic mass is 32.1. The highest BCUT2D eigenvalue weighted by Crippen LogP contribution is 2.25. The molecule has 0 fully saturated rings. The first-order chi connectivity index (χ1) is 14.6. The highest BCUT2D eigenvalue weighted by Gasteiger charge is 2.15. The molecule has 7 nitrogen and oxygen atoms in total. The number of methoxy groups -OCH3 is 1. The molecule has 0 bridgehead atoms. The molecular weight excluding hydrogens is 400 g/mol. The third kappa shape index (κ3) is 4.60. The van der Waals surface area contributed by atoms with E-state index in [-0.39, 0.29) is 18.4 Å². The van der Waals surface area contributed by atoms with Crippen molar-refractivity contribution >= 4 is 17.2 Å². The lowest BCUT2D eigenvalue weighted by Gasteiger charge is -2.17. The smallest absolute Gasteiger partial charge is 0.236 e. The van der Waals surface area contributed by atoms with Crippen LogP contribution in [0.4, 0.5) is 0 Å². The second-order valence-corrected chi connectivity index (χ2v) is 7.81. The second-order valence-electron chi connectivity index (χ2n) is 6.86. The fourth-order valence-electron chi connectivity index (χ4n) is 3.20. The molecule has 4 rings (SSSR count). The van der Waals surface area contributed by atoms with E-state index >= 15 is 0 Å². The molecule has 0 radical (unpaired) electrons. The van der Waals surface area contributed by atoms with Gasteiger partial charge in [-0.05, 0) is 42.1 Å². The molecule has 0 unspecified atom stereocenters. The lowest BCUT2D eigenvalue weighted by atomic mass is 10.0. The molecule has 3 aromatic heterocycles. The van der Waals surface area contributed by atoms with Crippen LogP contribution in [0.3, 0.4) is 0 Å². The number of oxazole rings is 1. The molecule has 4 aromatic rings. The first-order valence-electron chi connectivity index (χ1n) is 9.54. The Kier molecular flexibility index (Phi) is 5.94. The number of ether oxygens (including phenoxy) is 1. The zero-order valence-corrected chi connectivity index (χ0v) is 17.6. The number of hydrogen-bond acceptors (Lipinski definition) is 6. The van der Waals surface area contributed by atoms with Gasteiger partial charge in [0.05, 0.1) is 36.7 Å². The van der Waals surface area contributed by atoms with Crippen molar-refractivity contribution in [3.63, 3.8) is 0 Å². The van der Waals surface area contributed by atoms with E-state index in [0.717, 1.165) is 21.8 Å². The minimum absolute atomic E-state index is 0.113. The van der Waals surface area contributed by atoms with Crippen LogP contribution in [0.5, 0.6) is 5.75 Å². The standard InChI is InChI=1S/C22H22N4O3S/c1-15(16-6-7-19(28-2)17(11-16)13-26-9-4-8-23-26)24-21(27)12-18-14-29-22(25-18)20-5-3-10-30-20/h3-11,14-15H,12-13H2,1-2H3,(H,24,27)/t15-/m0/s1. The summed E-state index contributed by atoms with van der Waals surface area (Å²) in [5.74, 6) is 1.22. The Morgan fingerprint density at radius 2 is 2.23 bits per heavy atom. The third-order valence-corrected chi connectivity index (χ3v) is 5.56. The van der Waals surface area contributed by atoms with Gasteiger partial charge in [0.2, 0.25) is 11.8 Å². The van der Waals surface area contributed by atoms with Gasteiger partial charge in [-0.2, -0.15) is 5.10 Å². The van der Waals surface area contributed by atoms with Crippen LogP contribution < -0.4 is 10.1 Å². The van der Waals surface area contributed by atoms with E-state index in [1.54, 1.807) is 24.6 Å². The van der Waals surface area contributed by atoms with E-state index < -0.39 is 0 Å². The van der Waals surface area contributed by atoms with Crippen LogP contribution in [0.25, 0.3) is 10.8 Å². The maximum Gasteiger partial charge on any atom is 0.236 e. The molecule has 154 valence electrons. The minimum atomic E-state index is -0.163. The molecular formula is C22H22N4O3S. The molecule has 0 aliphatic carbocycles. The number of aromatic nitrogens is 3. The zero-order valence-electron chi connectivity index (χ0n) is 16.7. The van der Waals surface area contributed by atoms with Crippen LogP contribution in [0, 0.1) is 0 Å². The lowest BCUT2D eigenvalue weighted by molar-refractivity contribution is -0.121. The molecule has 0 aliphatic rings. The number of carbonyl (C=O) groups is 1. The predicted octanol–water partition coefficient (Wildman–Crippen LogP) is 4.08. The fourth-order valence-corrected chi connectivity index (χ4v) is 3.86. The maximum absolute atomic E-state index is 12.5. The average molecular weight is 423 g/mol. The van der Waals surface area contributed by atoms with Gasteiger partial charge >= 0.3 is 0 Å². The second kappa shape index (κ2) is 8.96. The summed E-state index contributed by atoms with van der Waals surface area (Å²) in [7, 11) is 1.65. The van der Waals surface area contributed by atoms with Crippen LogP contribution in [0.15, 0.2) is 64.9 Å². The SMILES string of the molecule is COc1ccc([C@H](C)NC(=O)Cc2coc(-c3cccs3)n2)cc1Cn1cccn1. The van der Waals surface area contributed by atoms with Gasteiger partial charge in [-0.1, -0.05) is 12.1 Å². The van der Waals surface area contributed by atoms with Gasteiger partial charge < -0.3 is 14.5 Å². The fraction of sp³-hybridized carbons (Fsp3) is 0.227. The summed E-state index contributed by atoms with van der Waals surface area (Å²) in [5.41, 5.74) is 2.60. The predicted molar refractivity (Wildman–Crippen MR) is 114 cm³/mol. The first kappa shape index (κ1) is 19.9. The van der Waals surface area contributed by atoms with Crippen molar-refractivity contribution < 1.29 is 13.9 Å². The van der Waals surface area contributed by atoms with Crippen LogP contribution in [-0.4, -0.2) is 27.8 Å². The number of thiophene rings is 1. The van der Waals surface area contributed by atoms with E-state index in [4.69, 9.17) is 9.15 Å². The Bertz CT molecular complexity index is 1100. The number of benzene rings is 1. The van der Waals surface area contributed by atoms with Crippen molar-refractivity contribution in [3.05, 3.63) is 77.3 Å². The molecule has 0 aliphatic heterocycles. The number of hydrogen-bond donors (Lipinski definition) is 1. The minimum Gasteiger partial charge on any atom is -0.496 e. The maximum atomic E-state index is 12.5. The number of rotatable bonds is 8. The Morgan fingerprint density at radius 1 is 1.33 bits per heavy atom. The van der Waals surface area contributed by atoms with E-state index in [1.165, 1.54) is 6.26 Å². The van der Waals surface area contributed by atoms with Crippen LogP contribution in [0.1, 0.15) is 29.8 Å². The van der Waals surface area contributed by atoms with E-state index in [1.807, 2.05) is 59.6 Å². The summed E-state index contributed by atoms with van der Waals surface area (Å²) >= 11 is 1.55. The molecule has 1 aromatic carbocycles. The monoisotopic (exact) mass is 422 g/mol. The number of nitrogens with one attached hydrogen (secondary N) is 1. The molecule has 30 heavy (non-hydrogen) atoms. The van der Waals surface area contributed by atoms with Crippen molar-refractivity contribution in [2.45, 2.75) is 25.9 Å². The normalized spacial score (nSPS) is 11.9. The molecule has 1 atom stereocenters. The quantitative estimate of drug-likeness (QED) is 0.463. The Balaban J connectivity index is 1.41. The number of carbonyl (C=O) groups excluding carboxylic acids is 1. The van der Waals surface area contributed by atoms with Gasteiger partial charge in [-0.25, -0.2) is 4.98 Å². The Morgan fingerprint density at radius 3 is 2.97 bits per heavy atom. The summed E-state index contributed by atoms with van der Waals surface area (Å²) < 4.78 is 12.8. The zero-order chi connectivity index (χ0) is 20.9. The highest BCUT2D eigenvalue weighted by molar-refractivity contribution is 7.13. The summed E-state index contributed by atoms with van der Waals surface area (Å²) in [6.07, 6.45) is 5.34. The van der Waals surface area contributed by atoms with Gasteiger partial charge in [-0.15, -0.1) is 11.3 Å². The van der Waals surface area contributed by atoms with Gasteiger partial charge in [0.15, 0.2) is 0 Å². The lowest BCUT2D eigenvalue weighted by Crippen LogP contribution is -2.28.